The molecule has 2 atom stereocenters. The Balaban J connectivity index is 1.80. The summed E-state index contributed by atoms with van der Waals surface area (Å²) < 4.78 is 0. The number of amides is 4. The molecule has 0 aromatic heterocycles. The van der Waals surface area contributed by atoms with Crippen molar-refractivity contribution in [3.63, 3.8) is 0 Å². The van der Waals surface area contributed by atoms with E-state index in [1.165, 1.54) is 28.0 Å². The predicted octanol–water partition coefficient (Wildman–Crippen LogP) is 3.19. The third-order valence-electron chi connectivity index (χ3n) is 6.54. The fourth-order valence-electron chi connectivity index (χ4n) is 4.75. The van der Waals surface area contributed by atoms with E-state index in [0.29, 0.717) is 22.2 Å². The summed E-state index contributed by atoms with van der Waals surface area (Å²) >= 11 is 12.3. The molecule has 0 bridgehead atoms. The van der Waals surface area contributed by atoms with Crippen LogP contribution in [0.15, 0.2) is 42.5 Å². The number of hydrogen-bond donors (Lipinski definition) is 0. The fourth-order valence-corrected chi connectivity index (χ4v) is 5.26. The van der Waals surface area contributed by atoms with Gasteiger partial charge in [-0.3, -0.25) is 14.5 Å². The van der Waals surface area contributed by atoms with Gasteiger partial charge in [0.1, 0.15) is 5.54 Å². The molecule has 1 spiro atoms. The van der Waals surface area contributed by atoms with Crippen molar-refractivity contribution >= 4 is 46.7 Å². The molecule has 0 aliphatic carbocycles. The van der Waals surface area contributed by atoms with Gasteiger partial charge in [-0.05, 0) is 35.9 Å². The Kier molecular flexibility index (Phi) is 6.30. The van der Waals surface area contributed by atoms with Crippen LogP contribution < -0.4 is 4.90 Å². The van der Waals surface area contributed by atoms with Crippen LogP contribution in [0.3, 0.4) is 0 Å². The standard InChI is InChI=1S/C24H23Cl2N5O3/c1-28(2)21(32)13-30-12-20(16-6-4-15(11-27)5-7-16)24(14-30)22(33)31(23(34)29(24)3)19-9-17(25)8-18(26)10-19/h4-10,20H,12-14H2,1-3H3/t20-,24-/m1/s1. The number of urea groups is 1. The first-order valence-corrected chi connectivity index (χ1v) is 11.3. The van der Waals surface area contributed by atoms with E-state index in [2.05, 4.69) is 6.07 Å². The average Bonchev–Trinajstić information content (AvgIpc) is 3.25. The molecule has 0 saturated carbocycles. The highest BCUT2D eigenvalue weighted by molar-refractivity contribution is 6.35. The van der Waals surface area contributed by atoms with Crippen molar-refractivity contribution in [2.24, 2.45) is 0 Å². The van der Waals surface area contributed by atoms with Crippen molar-refractivity contribution < 1.29 is 14.4 Å². The van der Waals surface area contributed by atoms with Gasteiger partial charge in [0.15, 0.2) is 0 Å². The Labute approximate surface area is 207 Å². The van der Waals surface area contributed by atoms with Gasteiger partial charge in [-0.2, -0.15) is 5.26 Å². The van der Waals surface area contributed by atoms with E-state index >= 15 is 0 Å². The number of hydrogen-bond acceptors (Lipinski definition) is 5. The van der Waals surface area contributed by atoms with E-state index < -0.39 is 23.4 Å². The summed E-state index contributed by atoms with van der Waals surface area (Å²) in [5.41, 5.74) is 0.343. The Morgan fingerprint density at radius 1 is 1.15 bits per heavy atom. The number of likely N-dealkylation sites (tertiary alicyclic amines) is 1. The highest BCUT2D eigenvalue weighted by atomic mass is 35.5. The SMILES string of the molecule is CN(C)C(=O)CN1C[C@H](c2ccc(C#N)cc2)[C@]2(C1)C(=O)N(c1cc(Cl)cc(Cl)c1)C(=O)N2C. The molecule has 2 fully saturated rings. The van der Waals surface area contributed by atoms with Crippen LogP contribution in [0.5, 0.6) is 0 Å². The first-order valence-electron chi connectivity index (χ1n) is 10.6. The van der Waals surface area contributed by atoms with Gasteiger partial charge in [-0.1, -0.05) is 35.3 Å². The molecule has 2 aromatic carbocycles. The number of carbonyl (C=O) groups is 3. The van der Waals surface area contributed by atoms with Gasteiger partial charge in [-0.25, -0.2) is 9.69 Å². The lowest BCUT2D eigenvalue weighted by Crippen LogP contribution is -2.54. The molecule has 0 unspecified atom stereocenters. The molecule has 2 aromatic rings. The van der Waals surface area contributed by atoms with Crippen molar-refractivity contribution in [1.29, 1.82) is 5.26 Å². The van der Waals surface area contributed by atoms with Gasteiger partial charge in [0.05, 0.1) is 23.9 Å². The summed E-state index contributed by atoms with van der Waals surface area (Å²) in [4.78, 5) is 45.9. The van der Waals surface area contributed by atoms with Crippen molar-refractivity contribution in [1.82, 2.24) is 14.7 Å². The third kappa shape index (κ3) is 3.90. The van der Waals surface area contributed by atoms with Crippen LogP contribution in [0.4, 0.5) is 10.5 Å². The lowest BCUT2D eigenvalue weighted by molar-refractivity contribution is -0.130. The van der Waals surface area contributed by atoms with Gasteiger partial charge < -0.3 is 9.80 Å². The number of imide groups is 1. The van der Waals surface area contributed by atoms with Crippen LogP contribution >= 0.6 is 23.2 Å². The van der Waals surface area contributed by atoms with Gasteiger partial charge in [0.25, 0.3) is 5.91 Å². The number of benzene rings is 2. The van der Waals surface area contributed by atoms with Crippen LogP contribution in [0.2, 0.25) is 10.0 Å². The largest absolute Gasteiger partial charge is 0.348 e. The molecule has 8 nitrogen and oxygen atoms in total. The van der Waals surface area contributed by atoms with Gasteiger partial charge in [0.2, 0.25) is 5.91 Å². The molecule has 2 heterocycles. The molecule has 176 valence electrons. The van der Waals surface area contributed by atoms with Gasteiger partial charge in [0, 0.05) is 50.2 Å². The number of carbonyl (C=O) groups excluding carboxylic acids is 3. The summed E-state index contributed by atoms with van der Waals surface area (Å²) in [6.07, 6.45) is 0. The first kappa shape index (κ1) is 24.0. The summed E-state index contributed by atoms with van der Waals surface area (Å²) in [7, 11) is 4.95. The molecule has 2 aliphatic rings. The molecule has 34 heavy (non-hydrogen) atoms. The van der Waals surface area contributed by atoms with E-state index in [-0.39, 0.29) is 24.7 Å². The highest BCUT2D eigenvalue weighted by Crippen LogP contribution is 2.46. The fraction of sp³-hybridized carbons (Fsp3) is 0.333. The normalized spacial score (nSPS) is 22.5. The number of nitrogens with zero attached hydrogens (tertiary/aromatic N) is 5. The van der Waals surface area contributed by atoms with Crippen LogP contribution in [0.1, 0.15) is 17.0 Å². The second-order valence-corrected chi connectivity index (χ2v) is 9.65. The van der Waals surface area contributed by atoms with E-state index in [1.54, 1.807) is 45.4 Å². The van der Waals surface area contributed by atoms with Crippen molar-refractivity contribution in [2.45, 2.75) is 11.5 Å². The Morgan fingerprint density at radius 2 is 1.76 bits per heavy atom. The second kappa shape index (κ2) is 8.91. The van der Waals surface area contributed by atoms with Gasteiger partial charge >= 0.3 is 6.03 Å². The maximum absolute atomic E-state index is 14.0. The zero-order valence-corrected chi connectivity index (χ0v) is 20.5. The molecule has 0 radical (unpaired) electrons. The minimum atomic E-state index is -1.24. The van der Waals surface area contributed by atoms with Crippen LogP contribution in [0, 0.1) is 11.3 Å². The first-order chi connectivity index (χ1) is 16.1. The van der Waals surface area contributed by atoms with Crippen LogP contribution in [-0.4, -0.2) is 78.9 Å². The summed E-state index contributed by atoms with van der Waals surface area (Å²) in [6.45, 7) is 0.682. The summed E-state index contributed by atoms with van der Waals surface area (Å²) in [6, 6.07) is 13.1. The van der Waals surface area contributed by atoms with Crippen LogP contribution in [-0.2, 0) is 9.59 Å². The van der Waals surface area contributed by atoms with E-state index in [1.807, 2.05) is 4.90 Å². The predicted molar refractivity (Wildman–Crippen MR) is 129 cm³/mol. The maximum atomic E-state index is 14.0. The zero-order chi connectivity index (χ0) is 24.8. The van der Waals surface area contributed by atoms with E-state index in [0.717, 1.165) is 10.5 Å². The summed E-state index contributed by atoms with van der Waals surface area (Å²) in [5.74, 6) is -0.933. The lowest BCUT2D eigenvalue weighted by Gasteiger charge is -2.34. The molecule has 2 aliphatic heterocycles. The maximum Gasteiger partial charge on any atom is 0.332 e. The highest BCUT2D eigenvalue weighted by Gasteiger charge is 2.64. The lowest BCUT2D eigenvalue weighted by atomic mass is 9.80. The second-order valence-electron chi connectivity index (χ2n) is 8.78. The topological polar surface area (TPSA) is 88.0 Å². The number of rotatable bonds is 4. The Hall–Kier alpha value is -3.12. The van der Waals surface area contributed by atoms with E-state index in [9.17, 15) is 19.6 Å². The monoisotopic (exact) mass is 499 g/mol. The smallest absolute Gasteiger partial charge is 0.332 e. The Morgan fingerprint density at radius 3 is 2.32 bits per heavy atom. The van der Waals surface area contributed by atoms with Gasteiger partial charge in [-0.15, -0.1) is 0 Å². The van der Waals surface area contributed by atoms with E-state index in [4.69, 9.17) is 23.2 Å². The average molecular weight is 500 g/mol. The quantitative estimate of drug-likeness (QED) is 0.602. The molecular weight excluding hydrogens is 477 g/mol. The number of halogens is 2. The molecule has 4 amide bonds. The minimum Gasteiger partial charge on any atom is -0.348 e. The van der Waals surface area contributed by atoms with Crippen LogP contribution in [0.25, 0.3) is 0 Å². The number of likely N-dealkylation sites (N-methyl/N-ethyl adjacent to an activating group) is 2. The third-order valence-corrected chi connectivity index (χ3v) is 6.97. The number of anilines is 1. The summed E-state index contributed by atoms with van der Waals surface area (Å²) in [5, 5.41) is 9.79. The zero-order valence-electron chi connectivity index (χ0n) is 19.0. The molecule has 4 rings (SSSR count). The minimum absolute atomic E-state index is 0.103. The molecule has 10 heteroatoms. The van der Waals surface area contributed by atoms with Crippen molar-refractivity contribution in [3.8, 4) is 6.07 Å². The molecular formula is C24H23Cl2N5O3. The molecule has 0 N–H and O–H groups in total. The van der Waals surface area contributed by atoms with Crippen molar-refractivity contribution in [3.05, 3.63) is 63.6 Å². The Bertz CT molecular complexity index is 1190. The van der Waals surface area contributed by atoms with Crippen molar-refractivity contribution in [2.75, 3.05) is 45.7 Å². The molecule has 2 saturated heterocycles. The number of nitriles is 1.